The molecule has 8 aromatic rings. The van der Waals surface area contributed by atoms with Gasteiger partial charge in [0.05, 0.1) is 51.6 Å². The van der Waals surface area contributed by atoms with Gasteiger partial charge in [0.15, 0.2) is 11.5 Å². The van der Waals surface area contributed by atoms with E-state index in [4.69, 9.17) is 50.7 Å². The molecule has 704 valence electrons. The number of halogens is 10. The van der Waals surface area contributed by atoms with Crippen molar-refractivity contribution < 1.29 is 107 Å². The lowest BCUT2D eigenvalue weighted by Crippen LogP contribution is -2.48. The van der Waals surface area contributed by atoms with Crippen molar-refractivity contribution in [1.82, 2.24) is 19.6 Å². The number of carboxylic acid groups (broad SMARTS) is 4. The van der Waals surface area contributed by atoms with Gasteiger partial charge in [-0.1, -0.05) is 60.7 Å². The van der Waals surface area contributed by atoms with Crippen molar-refractivity contribution in [3.63, 3.8) is 0 Å². The Hall–Kier alpha value is -11.6. The van der Waals surface area contributed by atoms with Crippen LogP contribution in [0.2, 0.25) is 0 Å². The molecule has 6 aliphatic rings. The molecular weight excluding hydrogens is 1720 g/mol. The Morgan fingerprint density at radius 2 is 0.758 bits per heavy atom. The summed E-state index contributed by atoms with van der Waals surface area (Å²) in [4.78, 5) is 53.9. The molecule has 0 amide bonds. The minimum absolute atomic E-state index is 0.0157. The number of nitrogens with zero attached hydrogens (tertiary/aromatic N) is 5. The number of rotatable bonds is 27. The van der Waals surface area contributed by atoms with Crippen molar-refractivity contribution in [2.75, 3.05) is 60.3 Å². The van der Waals surface area contributed by atoms with Crippen LogP contribution in [0, 0.1) is 41.5 Å². The quantitative estimate of drug-likeness (QED) is 0.0214. The Bertz CT molecular complexity index is 5590. The Morgan fingerprint density at radius 3 is 1.11 bits per heavy atom. The predicted octanol–water partition coefficient (Wildman–Crippen LogP) is 22.0. The number of methoxy groups -OCH3 is 2. The van der Waals surface area contributed by atoms with Crippen LogP contribution >= 0.6 is 0 Å². The maximum atomic E-state index is 15.5. The number of hydrogen-bond donors (Lipinski definition) is 4. The molecule has 14 rings (SSSR count). The topological polar surface area (TPSA) is 213 Å². The number of fused-ring (bicyclic) bond motifs is 4. The Balaban J connectivity index is 0.000000170. The van der Waals surface area contributed by atoms with Gasteiger partial charge in [0.2, 0.25) is 0 Å². The van der Waals surface area contributed by atoms with Gasteiger partial charge in [0.1, 0.15) is 75.2 Å². The van der Waals surface area contributed by atoms with Crippen LogP contribution in [0.4, 0.5) is 43.9 Å². The summed E-state index contributed by atoms with van der Waals surface area (Å²) in [7, 11) is 3.23. The van der Waals surface area contributed by atoms with Gasteiger partial charge in [0.25, 0.3) is 0 Å². The molecule has 1 aliphatic carbocycles. The van der Waals surface area contributed by atoms with E-state index in [9.17, 15) is 36.7 Å². The van der Waals surface area contributed by atoms with E-state index in [0.717, 1.165) is 156 Å². The van der Waals surface area contributed by atoms with Crippen LogP contribution in [0.15, 0.2) is 152 Å². The lowest BCUT2D eigenvalue weighted by molar-refractivity contribution is -0.132. The predicted molar refractivity (Wildman–Crippen MR) is 487 cm³/mol. The van der Waals surface area contributed by atoms with Gasteiger partial charge in [-0.2, -0.15) is 0 Å². The second-order valence-electron chi connectivity index (χ2n) is 37.1. The van der Waals surface area contributed by atoms with Crippen molar-refractivity contribution in [2.45, 2.75) is 217 Å². The standard InChI is InChI=1S/C28H32F3NO4.C26H28F3NO2.C25H25F3N2O3.C25H30FNO4/c1-17-12-19-15-21(36-20-8-10-35-11-9-20)5-6-22(19)27(32(17)16-28(2,3)31)26-23(29)13-18(14-24(26)30)4-7-25(33)34;1-15-10-19-13-18(17-5-6-17)7-8-20(19)25(30(15)14-26(2,3)29)24-21(27)11-16(12-22(24)28)4-9-23(31)32;1-15-9-17-12-18(33-14-29-4)6-7-19(17)24(30(15)13-25(2,3)28)23-20(26)10-16(11-21(23)27)5-8-22(31)32;1-16-14-19-11-12-20(30-4)24(31-5)22(19)23(27(16)15-25(2,3)26)18-9-6-17(7-10-18)8-13-21(28)29/h4-7,13-15,17,20,27H,8-12,16H2,1-3H3,(H,33,34);4,7-9,11-13,15,17,25H,5-6,10,14H2,1-3H3,(H,31,32);5-8,10-12,15,24H,9,13-14H2,1-3H3,(H,31,32);6-13,16,23H,14-15H2,1-5H3,(H,28,29)/b7-4+;9-4+;8-5+;13-8+. The summed E-state index contributed by atoms with van der Waals surface area (Å²) in [6.07, 6.45) is 15.1. The Kier molecular flexibility index (Phi) is 32.8. The fourth-order valence-electron chi connectivity index (χ4n) is 18.4. The normalized spacial score (nSPS) is 20.3. The smallest absolute Gasteiger partial charge is 0.357 e. The van der Waals surface area contributed by atoms with Crippen molar-refractivity contribution >= 4 is 48.2 Å². The SMILES string of the molecule is CC1Cc2cc(C3CC3)ccc2C(c2c(F)cc(/C=C/C(=O)O)cc2F)N1CC(C)(C)F.CC1Cc2cc(OC3CCOCC3)ccc2C(c2c(F)cc(/C=C/C(=O)O)cc2F)N1CC(C)(C)F.COc1ccc2c(c1OC)C(c1ccc(/C=C/C(=O)O)cc1)N(CC(C)(C)F)C(C)C2.[C-]#[N+]COc1ccc2c(c1)CC(C)N(CC(C)(C)F)C2c1c(F)cc(/C=C/C(=O)O)cc1F. The molecule has 5 aliphatic heterocycles. The fraction of sp³-hybridized carbons (Fsp3) is 0.413. The van der Waals surface area contributed by atoms with Gasteiger partial charge in [0, 0.05) is 110 Å². The third-order valence-corrected chi connectivity index (χ3v) is 24.0. The minimum atomic E-state index is -1.61. The van der Waals surface area contributed by atoms with Crippen molar-refractivity contribution in [3.05, 3.63) is 293 Å². The molecule has 132 heavy (non-hydrogen) atoms. The summed E-state index contributed by atoms with van der Waals surface area (Å²) in [5, 5.41) is 35.3. The highest BCUT2D eigenvalue weighted by Crippen LogP contribution is 2.51. The largest absolute Gasteiger partial charge is 0.493 e. The first-order valence-corrected chi connectivity index (χ1v) is 44.0. The molecule has 4 N–H and O–H groups in total. The van der Waals surface area contributed by atoms with Crippen molar-refractivity contribution in [3.8, 4) is 23.0 Å². The third kappa shape index (κ3) is 26.2. The highest BCUT2D eigenvalue weighted by atomic mass is 19.2. The second-order valence-corrected chi connectivity index (χ2v) is 37.1. The summed E-state index contributed by atoms with van der Waals surface area (Å²) in [6, 6.07) is 31.8. The number of alkyl halides is 4. The zero-order valence-electron chi connectivity index (χ0n) is 76.6. The van der Waals surface area contributed by atoms with E-state index in [1.807, 2.05) is 80.3 Å². The zero-order chi connectivity index (χ0) is 96.3. The number of ether oxygens (including phenoxy) is 5. The van der Waals surface area contributed by atoms with Gasteiger partial charge in [-0.05, 0) is 291 Å². The lowest BCUT2D eigenvalue weighted by Gasteiger charge is -2.44. The first-order valence-electron chi connectivity index (χ1n) is 44.0. The number of carbonyl (C=O) groups is 4. The molecule has 5 heterocycles. The lowest BCUT2D eigenvalue weighted by atomic mass is 9.82. The molecule has 28 heteroatoms. The van der Waals surface area contributed by atoms with Gasteiger partial charge in [-0.3, -0.25) is 24.4 Å². The highest BCUT2D eigenvalue weighted by Gasteiger charge is 2.45. The monoisotopic (exact) mass is 1830 g/mol. The second kappa shape index (κ2) is 42.9. The van der Waals surface area contributed by atoms with Crippen LogP contribution in [0.3, 0.4) is 0 Å². The highest BCUT2D eigenvalue weighted by molar-refractivity contribution is 5.87. The van der Waals surface area contributed by atoms with E-state index >= 15 is 26.3 Å². The Labute approximate surface area is 764 Å². The Morgan fingerprint density at radius 1 is 0.417 bits per heavy atom. The van der Waals surface area contributed by atoms with Crippen LogP contribution in [0.25, 0.3) is 29.1 Å². The average molecular weight is 1830 g/mol. The first kappa shape index (κ1) is 101. The van der Waals surface area contributed by atoms with E-state index in [2.05, 4.69) is 28.8 Å². The summed E-state index contributed by atoms with van der Waals surface area (Å²) in [6.45, 7) is 28.0. The zero-order valence-corrected chi connectivity index (χ0v) is 76.6. The summed E-state index contributed by atoms with van der Waals surface area (Å²) in [5.41, 5.74) is 3.65. The summed E-state index contributed by atoms with van der Waals surface area (Å²) in [5.74, 6) is -6.47. The molecule has 0 spiro atoms. The molecule has 0 bridgehead atoms. The molecule has 8 atom stereocenters. The van der Waals surface area contributed by atoms with Crippen LogP contribution in [0.1, 0.15) is 233 Å². The van der Waals surface area contributed by atoms with E-state index in [0.29, 0.717) is 72.5 Å². The molecule has 2 fully saturated rings. The number of carboxylic acids is 4. The van der Waals surface area contributed by atoms with Crippen molar-refractivity contribution in [1.29, 1.82) is 0 Å². The van der Waals surface area contributed by atoms with E-state index in [1.165, 1.54) is 47.1 Å². The third-order valence-electron chi connectivity index (χ3n) is 24.0. The van der Waals surface area contributed by atoms with Gasteiger partial charge < -0.3 is 44.1 Å². The van der Waals surface area contributed by atoms with Crippen LogP contribution in [0.5, 0.6) is 23.0 Å². The summed E-state index contributed by atoms with van der Waals surface area (Å²) >= 11 is 0. The minimum Gasteiger partial charge on any atom is -0.493 e. The number of benzene rings is 8. The number of hydrogen-bond acceptors (Lipinski definition) is 13. The molecule has 8 aromatic carbocycles. The first-order chi connectivity index (χ1) is 62.2. The van der Waals surface area contributed by atoms with Crippen molar-refractivity contribution in [2.24, 2.45) is 0 Å². The average Bonchev–Trinajstić information content (AvgIpc) is 0.974. The van der Waals surface area contributed by atoms with Crippen LogP contribution in [-0.2, 0) is 49.6 Å². The summed E-state index contributed by atoms with van der Waals surface area (Å²) < 4.78 is 180. The van der Waals surface area contributed by atoms with Gasteiger partial charge in [-0.15, -0.1) is 0 Å². The van der Waals surface area contributed by atoms with Gasteiger partial charge >= 0.3 is 30.6 Å². The molecular formula is C104H115F10N5O13. The molecule has 1 saturated heterocycles. The molecule has 8 unspecified atom stereocenters. The van der Waals surface area contributed by atoms with Gasteiger partial charge in [-0.25, -0.2) is 69.7 Å². The van der Waals surface area contributed by atoms with E-state index in [-0.39, 0.29) is 103 Å². The maximum Gasteiger partial charge on any atom is 0.357 e. The molecule has 0 aromatic heterocycles. The maximum absolute atomic E-state index is 15.5. The number of aliphatic carboxylic acids is 4. The molecule has 0 radical (unpaired) electrons. The molecule has 1 saturated carbocycles. The van der Waals surface area contributed by atoms with Crippen LogP contribution < -0.4 is 18.9 Å². The van der Waals surface area contributed by atoms with Crippen LogP contribution in [-0.4, -0.2) is 177 Å². The molecule has 18 nitrogen and oxygen atoms in total. The van der Waals surface area contributed by atoms with E-state index in [1.54, 1.807) is 68.2 Å². The van der Waals surface area contributed by atoms with E-state index < -0.39 is 99.6 Å². The fourth-order valence-corrected chi connectivity index (χ4v) is 18.4.